The van der Waals surface area contributed by atoms with E-state index in [1.165, 1.54) is 6.42 Å². The van der Waals surface area contributed by atoms with Gasteiger partial charge in [0.25, 0.3) is 0 Å². The van der Waals surface area contributed by atoms with E-state index in [1.54, 1.807) is 0 Å². The first-order valence-corrected chi connectivity index (χ1v) is 5.27. The number of nitrogens with one attached hydrogen (secondary N) is 1. The Hall–Kier alpha value is -0.340. The van der Waals surface area contributed by atoms with E-state index in [-0.39, 0.29) is 0 Å². The zero-order valence-electron chi connectivity index (χ0n) is 8.75. The zero-order chi connectivity index (χ0) is 9.68. The summed E-state index contributed by atoms with van der Waals surface area (Å²) >= 11 is 0. The third kappa shape index (κ3) is 2.82. The summed E-state index contributed by atoms with van der Waals surface area (Å²) in [6, 6.07) is 0.331. The van der Waals surface area contributed by atoms with Crippen molar-refractivity contribution in [3.63, 3.8) is 0 Å². The van der Waals surface area contributed by atoms with Crippen LogP contribution in [0.1, 0.15) is 26.7 Å². The molecule has 0 aliphatic carbocycles. The van der Waals surface area contributed by atoms with Crippen LogP contribution in [0, 0.1) is 5.92 Å². The first-order chi connectivity index (χ1) is 6.29. The molecule has 1 rings (SSSR count). The Morgan fingerprint density at radius 3 is 2.92 bits per heavy atom. The van der Waals surface area contributed by atoms with E-state index >= 15 is 0 Å². The molecule has 0 aromatic rings. The van der Waals surface area contributed by atoms with Gasteiger partial charge in [0, 0.05) is 6.61 Å². The molecule has 0 aromatic carbocycles. The fourth-order valence-electron chi connectivity index (χ4n) is 1.82. The number of ether oxygens (including phenoxy) is 1. The van der Waals surface area contributed by atoms with Crippen LogP contribution in [-0.2, 0) is 4.74 Å². The highest BCUT2D eigenvalue weighted by Crippen LogP contribution is 2.23. The fraction of sp³-hybridized carbons (Fsp3) is 0.818. The molecule has 13 heavy (non-hydrogen) atoms. The van der Waals surface area contributed by atoms with E-state index in [2.05, 4.69) is 25.7 Å². The van der Waals surface area contributed by atoms with Gasteiger partial charge >= 0.3 is 0 Å². The second-order valence-corrected chi connectivity index (χ2v) is 3.82. The molecule has 1 aliphatic rings. The third-order valence-corrected chi connectivity index (χ3v) is 2.68. The molecule has 1 saturated heterocycles. The van der Waals surface area contributed by atoms with Crippen LogP contribution in [0.25, 0.3) is 0 Å². The predicted octanol–water partition coefficient (Wildman–Crippen LogP) is 1.97. The average Bonchev–Trinajstić information content (AvgIpc) is 2.54. The summed E-state index contributed by atoms with van der Waals surface area (Å²) in [7, 11) is 0. The molecule has 0 radical (unpaired) electrons. The van der Waals surface area contributed by atoms with E-state index in [9.17, 15) is 0 Å². The molecule has 0 saturated carbocycles. The summed E-state index contributed by atoms with van der Waals surface area (Å²) in [5, 5.41) is 3.45. The second kappa shape index (κ2) is 5.40. The molecular formula is C11H21NO. The zero-order valence-corrected chi connectivity index (χ0v) is 8.75. The molecule has 0 aromatic heterocycles. The Balaban J connectivity index is 2.40. The molecule has 0 amide bonds. The molecule has 3 unspecified atom stereocenters. The van der Waals surface area contributed by atoms with Crippen LogP contribution in [0.4, 0.5) is 0 Å². The Morgan fingerprint density at radius 1 is 1.69 bits per heavy atom. The summed E-state index contributed by atoms with van der Waals surface area (Å²) < 4.78 is 5.68. The van der Waals surface area contributed by atoms with E-state index < -0.39 is 0 Å². The van der Waals surface area contributed by atoms with Gasteiger partial charge in [-0.2, -0.15) is 0 Å². The van der Waals surface area contributed by atoms with Crippen molar-refractivity contribution in [3.8, 4) is 0 Å². The van der Waals surface area contributed by atoms with E-state index in [0.717, 1.165) is 19.6 Å². The smallest absolute Gasteiger partial charge is 0.0789 e. The molecule has 1 fully saturated rings. The second-order valence-electron chi connectivity index (χ2n) is 3.82. The maximum atomic E-state index is 5.68. The molecule has 2 nitrogen and oxygen atoms in total. The van der Waals surface area contributed by atoms with Gasteiger partial charge in [-0.05, 0) is 25.3 Å². The van der Waals surface area contributed by atoms with Gasteiger partial charge in [0.1, 0.15) is 0 Å². The van der Waals surface area contributed by atoms with Gasteiger partial charge < -0.3 is 10.1 Å². The maximum Gasteiger partial charge on any atom is 0.0789 e. The molecule has 1 N–H and O–H groups in total. The Bertz CT molecular complexity index is 158. The van der Waals surface area contributed by atoms with Crippen molar-refractivity contribution in [1.29, 1.82) is 0 Å². The minimum atomic E-state index is 0.331. The lowest BCUT2D eigenvalue weighted by molar-refractivity contribution is 0.0744. The SMILES string of the molecule is C=CC(NCCC)C1OCCC1C. The van der Waals surface area contributed by atoms with Gasteiger partial charge in [-0.15, -0.1) is 6.58 Å². The van der Waals surface area contributed by atoms with Crippen LogP contribution in [0.3, 0.4) is 0 Å². The van der Waals surface area contributed by atoms with E-state index in [1.807, 2.05) is 6.08 Å². The summed E-state index contributed by atoms with van der Waals surface area (Å²) in [4.78, 5) is 0. The summed E-state index contributed by atoms with van der Waals surface area (Å²) in [6.45, 7) is 10.2. The highest BCUT2D eigenvalue weighted by atomic mass is 16.5. The Morgan fingerprint density at radius 2 is 2.46 bits per heavy atom. The molecule has 1 aliphatic heterocycles. The number of hydrogen-bond donors (Lipinski definition) is 1. The molecule has 3 atom stereocenters. The van der Waals surface area contributed by atoms with Gasteiger partial charge in [-0.1, -0.05) is 19.9 Å². The molecule has 1 heterocycles. The van der Waals surface area contributed by atoms with Gasteiger partial charge in [-0.25, -0.2) is 0 Å². The first kappa shape index (κ1) is 10.7. The monoisotopic (exact) mass is 183 g/mol. The molecular weight excluding hydrogens is 162 g/mol. The fourth-order valence-corrected chi connectivity index (χ4v) is 1.82. The van der Waals surface area contributed by atoms with Crippen LogP contribution in [0.5, 0.6) is 0 Å². The standard InChI is InChI=1S/C11H21NO/c1-4-7-12-10(5-2)11-9(3)6-8-13-11/h5,9-12H,2,4,6-8H2,1,3H3. The minimum Gasteiger partial charge on any atom is -0.376 e. The van der Waals surface area contributed by atoms with Crippen LogP contribution in [0.15, 0.2) is 12.7 Å². The van der Waals surface area contributed by atoms with Crippen molar-refractivity contribution < 1.29 is 4.74 Å². The van der Waals surface area contributed by atoms with Gasteiger partial charge in [0.2, 0.25) is 0 Å². The summed E-state index contributed by atoms with van der Waals surface area (Å²) in [5.74, 6) is 0.660. The van der Waals surface area contributed by atoms with Crippen molar-refractivity contribution in [2.45, 2.75) is 38.8 Å². The van der Waals surface area contributed by atoms with Crippen molar-refractivity contribution in [2.24, 2.45) is 5.92 Å². The lowest BCUT2D eigenvalue weighted by Gasteiger charge is -2.24. The summed E-state index contributed by atoms with van der Waals surface area (Å²) in [6.07, 6.45) is 4.65. The van der Waals surface area contributed by atoms with E-state index in [4.69, 9.17) is 4.74 Å². The van der Waals surface area contributed by atoms with Crippen molar-refractivity contribution in [3.05, 3.63) is 12.7 Å². The quantitative estimate of drug-likeness (QED) is 0.658. The van der Waals surface area contributed by atoms with Crippen molar-refractivity contribution in [1.82, 2.24) is 5.32 Å². The van der Waals surface area contributed by atoms with Gasteiger partial charge in [0.15, 0.2) is 0 Å². The summed E-state index contributed by atoms with van der Waals surface area (Å²) in [5.41, 5.74) is 0. The van der Waals surface area contributed by atoms with E-state index in [0.29, 0.717) is 18.1 Å². The Kier molecular flexibility index (Phi) is 4.46. The molecule has 0 bridgehead atoms. The van der Waals surface area contributed by atoms with Crippen LogP contribution < -0.4 is 5.32 Å². The highest BCUT2D eigenvalue weighted by Gasteiger charge is 2.29. The molecule has 2 heteroatoms. The largest absolute Gasteiger partial charge is 0.376 e. The first-order valence-electron chi connectivity index (χ1n) is 5.27. The third-order valence-electron chi connectivity index (χ3n) is 2.68. The van der Waals surface area contributed by atoms with Crippen molar-refractivity contribution >= 4 is 0 Å². The minimum absolute atomic E-state index is 0.331. The van der Waals surface area contributed by atoms with Gasteiger partial charge in [0.05, 0.1) is 12.1 Å². The molecule has 0 spiro atoms. The van der Waals surface area contributed by atoms with Crippen LogP contribution >= 0.6 is 0 Å². The van der Waals surface area contributed by atoms with Crippen molar-refractivity contribution in [2.75, 3.05) is 13.2 Å². The topological polar surface area (TPSA) is 21.3 Å². The maximum absolute atomic E-state index is 5.68. The predicted molar refractivity (Wildman–Crippen MR) is 55.8 cm³/mol. The number of rotatable bonds is 5. The van der Waals surface area contributed by atoms with Gasteiger partial charge in [-0.3, -0.25) is 0 Å². The Labute approximate surface area is 81.4 Å². The number of hydrogen-bond acceptors (Lipinski definition) is 2. The lowest BCUT2D eigenvalue weighted by atomic mass is 9.97. The van der Waals surface area contributed by atoms with Crippen LogP contribution in [-0.4, -0.2) is 25.3 Å². The average molecular weight is 183 g/mol. The normalized spacial score (nSPS) is 30.3. The van der Waals surface area contributed by atoms with Crippen LogP contribution in [0.2, 0.25) is 0 Å². The molecule has 76 valence electrons. The highest BCUT2D eigenvalue weighted by molar-refractivity contribution is 4.95. The lowest BCUT2D eigenvalue weighted by Crippen LogP contribution is -2.40.